The molecule has 0 unspecified atom stereocenters. The number of fused-ring (bicyclic) bond motifs is 1. The van der Waals surface area contributed by atoms with Crippen molar-refractivity contribution in [2.75, 3.05) is 20.8 Å². The number of hydrogen-bond acceptors (Lipinski definition) is 5. The standard InChI is InChI=1S/C18H18N2O4/c1-11-8-13(4-5-15(11)20(21)22)18-14-10-17(24-3)16(23-2)9-12(14)6-7-19-18/h4-5,8-10H,6-7H2,1-3H3. The number of hydrogen-bond donors (Lipinski definition) is 0. The fourth-order valence-corrected chi connectivity index (χ4v) is 2.98. The van der Waals surface area contributed by atoms with Gasteiger partial charge in [-0.3, -0.25) is 15.1 Å². The molecule has 2 aromatic rings. The van der Waals surface area contributed by atoms with Crippen LogP contribution in [0, 0.1) is 17.0 Å². The first-order chi connectivity index (χ1) is 11.5. The molecule has 1 aliphatic rings. The molecule has 6 nitrogen and oxygen atoms in total. The summed E-state index contributed by atoms with van der Waals surface area (Å²) >= 11 is 0. The van der Waals surface area contributed by atoms with E-state index in [2.05, 4.69) is 4.99 Å². The number of ether oxygens (including phenoxy) is 2. The van der Waals surface area contributed by atoms with E-state index in [9.17, 15) is 10.1 Å². The fraction of sp³-hybridized carbons (Fsp3) is 0.278. The van der Waals surface area contributed by atoms with Gasteiger partial charge in [0.15, 0.2) is 11.5 Å². The van der Waals surface area contributed by atoms with Gasteiger partial charge in [0.2, 0.25) is 0 Å². The normalized spacial score (nSPS) is 13.0. The van der Waals surface area contributed by atoms with Gasteiger partial charge in [0.1, 0.15) is 0 Å². The molecular weight excluding hydrogens is 308 g/mol. The lowest BCUT2D eigenvalue weighted by Crippen LogP contribution is -2.15. The molecule has 0 radical (unpaired) electrons. The molecule has 2 aromatic carbocycles. The van der Waals surface area contributed by atoms with Crippen molar-refractivity contribution in [2.45, 2.75) is 13.3 Å². The zero-order valence-corrected chi connectivity index (χ0v) is 13.8. The Bertz CT molecular complexity index is 843. The van der Waals surface area contributed by atoms with E-state index >= 15 is 0 Å². The number of nitro groups is 1. The number of aliphatic imine (C=N–C) groups is 1. The average molecular weight is 326 g/mol. The highest BCUT2D eigenvalue weighted by Gasteiger charge is 2.21. The van der Waals surface area contributed by atoms with Gasteiger partial charge in [-0.1, -0.05) is 0 Å². The molecule has 0 amide bonds. The van der Waals surface area contributed by atoms with Crippen molar-refractivity contribution in [3.05, 3.63) is 62.7 Å². The van der Waals surface area contributed by atoms with Crippen molar-refractivity contribution in [3.8, 4) is 11.5 Å². The maximum absolute atomic E-state index is 11.0. The minimum absolute atomic E-state index is 0.114. The zero-order chi connectivity index (χ0) is 17.3. The smallest absolute Gasteiger partial charge is 0.272 e. The molecule has 0 saturated heterocycles. The van der Waals surface area contributed by atoms with E-state index in [0.29, 0.717) is 23.6 Å². The number of benzene rings is 2. The second kappa shape index (κ2) is 6.31. The molecule has 24 heavy (non-hydrogen) atoms. The monoisotopic (exact) mass is 326 g/mol. The molecule has 0 spiro atoms. The van der Waals surface area contributed by atoms with E-state index in [0.717, 1.165) is 28.8 Å². The van der Waals surface area contributed by atoms with Gasteiger partial charge >= 0.3 is 0 Å². The van der Waals surface area contributed by atoms with Crippen molar-refractivity contribution < 1.29 is 14.4 Å². The van der Waals surface area contributed by atoms with Gasteiger partial charge in [0.05, 0.1) is 24.9 Å². The molecule has 1 aliphatic heterocycles. The third-order valence-electron chi connectivity index (χ3n) is 4.18. The first-order valence-corrected chi connectivity index (χ1v) is 7.60. The third-order valence-corrected chi connectivity index (χ3v) is 4.18. The van der Waals surface area contributed by atoms with Crippen LogP contribution in [0.15, 0.2) is 35.3 Å². The highest BCUT2D eigenvalue weighted by atomic mass is 16.6. The van der Waals surface area contributed by atoms with Gasteiger partial charge < -0.3 is 9.47 Å². The first kappa shape index (κ1) is 16.0. The number of aryl methyl sites for hydroxylation is 1. The number of nitrogens with zero attached hydrogens (tertiary/aromatic N) is 2. The summed E-state index contributed by atoms with van der Waals surface area (Å²) in [6.45, 7) is 2.41. The van der Waals surface area contributed by atoms with Crippen molar-refractivity contribution in [3.63, 3.8) is 0 Å². The molecule has 0 aliphatic carbocycles. The zero-order valence-electron chi connectivity index (χ0n) is 13.8. The lowest BCUT2D eigenvalue weighted by molar-refractivity contribution is -0.385. The molecule has 0 atom stereocenters. The van der Waals surface area contributed by atoms with Gasteiger partial charge in [-0.05, 0) is 43.2 Å². The van der Waals surface area contributed by atoms with E-state index in [1.807, 2.05) is 18.2 Å². The Labute approximate surface area is 139 Å². The van der Waals surface area contributed by atoms with Gasteiger partial charge in [-0.25, -0.2) is 0 Å². The summed E-state index contributed by atoms with van der Waals surface area (Å²) in [6, 6.07) is 8.98. The van der Waals surface area contributed by atoms with Crippen LogP contribution in [0.5, 0.6) is 11.5 Å². The highest BCUT2D eigenvalue weighted by molar-refractivity contribution is 6.14. The van der Waals surface area contributed by atoms with Gasteiger partial charge in [0.25, 0.3) is 5.69 Å². The molecule has 0 aromatic heterocycles. The van der Waals surface area contributed by atoms with Crippen LogP contribution in [0.4, 0.5) is 5.69 Å². The Balaban J connectivity index is 2.10. The predicted octanol–water partition coefficient (Wildman–Crippen LogP) is 3.31. The Morgan fingerprint density at radius 2 is 1.83 bits per heavy atom. The molecule has 3 rings (SSSR count). The summed E-state index contributed by atoms with van der Waals surface area (Å²) in [6.07, 6.45) is 0.825. The van der Waals surface area contributed by atoms with Gasteiger partial charge in [0, 0.05) is 29.3 Å². The van der Waals surface area contributed by atoms with Crippen LogP contribution in [0.3, 0.4) is 0 Å². The van der Waals surface area contributed by atoms with Crippen LogP contribution in [0.2, 0.25) is 0 Å². The second-order valence-electron chi connectivity index (χ2n) is 5.60. The molecule has 0 bridgehead atoms. The van der Waals surface area contributed by atoms with Gasteiger partial charge in [-0.2, -0.15) is 0 Å². The lowest BCUT2D eigenvalue weighted by atomic mass is 9.92. The summed E-state index contributed by atoms with van der Waals surface area (Å²) in [5.74, 6) is 1.34. The molecule has 1 heterocycles. The topological polar surface area (TPSA) is 74.0 Å². The number of nitro benzene ring substituents is 1. The maximum Gasteiger partial charge on any atom is 0.272 e. The van der Waals surface area contributed by atoms with Crippen molar-refractivity contribution in [1.82, 2.24) is 0 Å². The van der Waals surface area contributed by atoms with Crippen molar-refractivity contribution in [2.24, 2.45) is 4.99 Å². The summed E-state index contributed by atoms with van der Waals surface area (Å²) < 4.78 is 10.8. The molecule has 0 fully saturated rings. The summed E-state index contributed by atoms with van der Waals surface area (Å²) in [4.78, 5) is 15.3. The van der Waals surface area contributed by atoms with Crippen LogP contribution in [0.25, 0.3) is 0 Å². The largest absolute Gasteiger partial charge is 0.493 e. The molecule has 0 N–H and O–H groups in total. The Morgan fingerprint density at radius 3 is 2.46 bits per heavy atom. The fourth-order valence-electron chi connectivity index (χ4n) is 2.98. The summed E-state index contributed by atoms with van der Waals surface area (Å²) in [5, 5.41) is 11.0. The predicted molar refractivity (Wildman–Crippen MR) is 91.6 cm³/mol. The Morgan fingerprint density at radius 1 is 1.12 bits per heavy atom. The number of methoxy groups -OCH3 is 2. The first-order valence-electron chi connectivity index (χ1n) is 7.60. The number of rotatable bonds is 4. The van der Waals surface area contributed by atoms with E-state index in [4.69, 9.17) is 9.47 Å². The second-order valence-corrected chi connectivity index (χ2v) is 5.60. The molecule has 0 saturated carbocycles. The quantitative estimate of drug-likeness (QED) is 0.638. The van der Waals surface area contributed by atoms with Crippen LogP contribution in [0.1, 0.15) is 22.3 Å². The van der Waals surface area contributed by atoms with Crippen LogP contribution in [-0.2, 0) is 6.42 Å². The van der Waals surface area contributed by atoms with Crippen LogP contribution in [-0.4, -0.2) is 31.4 Å². The van der Waals surface area contributed by atoms with Crippen LogP contribution >= 0.6 is 0 Å². The average Bonchev–Trinajstić information content (AvgIpc) is 2.59. The van der Waals surface area contributed by atoms with Gasteiger partial charge in [-0.15, -0.1) is 0 Å². The highest BCUT2D eigenvalue weighted by Crippen LogP contribution is 2.34. The van der Waals surface area contributed by atoms with Crippen molar-refractivity contribution in [1.29, 1.82) is 0 Å². The SMILES string of the molecule is COc1cc2c(cc1OC)C(c1ccc([N+](=O)[O-])c(C)c1)=NCC2. The lowest BCUT2D eigenvalue weighted by Gasteiger charge is -2.20. The van der Waals surface area contributed by atoms with E-state index in [1.54, 1.807) is 27.2 Å². The van der Waals surface area contributed by atoms with E-state index in [1.165, 1.54) is 6.07 Å². The summed E-state index contributed by atoms with van der Waals surface area (Å²) in [5.41, 5.74) is 4.54. The molecule has 124 valence electrons. The Kier molecular flexibility index (Phi) is 4.20. The van der Waals surface area contributed by atoms with E-state index < -0.39 is 0 Å². The van der Waals surface area contributed by atoms with E-state index in [-0.39, 0.29) is 10.6 Å². The molecule has 6 heteroatoms. The Hall–Kier alpha value is -2.89. The maximum atomic E-state index is 11.0. The van der Waals surface area contributed by atoms with Crippen molar-refractivity contribution >= 4 is 11.4 Å². The minimum atomic E-state index is -0.371. The third kappa shape index (κ3) is 2.71. The minimum Gasteiger partial charge on any atom is -0.493 e. The summed E-state index contributed by atoms with van der Waals surface area (Å²) in [7, 11) is 3.21. The van der Waals surface area contributed by atoms with Crippen LogP contribution < -0.4 is 9.47 Å². The molecular formula is C18H18N2O4.